The van der Waals surface area contributed by atoms with E-state index in [1.165, 1.54) is 11.3 Å². The van der Waals surface area contributed by atoms with Gasteiger partial charge in [-0.3, -0.25) is 4.79 Å². The number of benzene rings is 1. The Kier molecular flexibility index (Phi) is 4.18. The number of nitrogens with one attached hydrogen (secondary N) is 1. The Bertz CT molecular complexity index is 615. The number of rotatable bonds is 4. The molecule has 0 fully saturated rings. The van der Waals surface area contributed by atoms with Crippen LogP contribution in [0, 0.1) is 6.92 Å². The second-order valence-electron chi connectivity index (χ2n) is 4.00. The lowest BCUT2D eigenvalue weighted by Crippen LogP contribution is -2.20. The predicted molar refractivity (Wildman–Crippen MR) is 78.8 cm³/mol. The van der Waals surface area contributed by atoms with Gasteiger partial charge in [0.15, 0.2) is 5.13 Å². The predicted octanol–water partition coefficient (Wildman–Crippen LogP) is 3.04. The Hall–Kier alpha value is -1.44. The van der Waals surface area contributed by atoms with Crippen LogP contribution in [-0.4, -0.2) is 16.1 Å². The third-order valence-corrected chi connectivity index (χ3v) is 3.90. The number of carboxylic acids is 1. The highest BCUT2D eigenvalue weighted by Crippen LogP contribution is 2.29. The first-order valence-electron chi connectivity index (χ1n) is 5.44. The van der Waals surface area contributed by atoms with Gasteiger partial charge in [0, 0.05) is 9.85 Å². The molecule has 2 rings (SSSR count). The van der Waals surface area contributed by atoms with Gasteiger partial charge in [0.2, 0.25) is 0 Å². The van der Waals surface area contributed by atoms with Gasteiger partial charge in [0.05, 0.1) is 11.4 Å². The van der Waals surface area contributed by atoms with E-state index in [1.807, 2.05) is 25.1 Å². The van der Waals surface area contributed by atoms with Crippen LogP contribution in [0.25, 0.3) is 0 Å². The number of nitrogens with two attached hydrogens (primary N) is 1. The third kappa shape index (κ3) is 3.31. The number of nitrogens with zero attached hydrogens (tertiary/aromatic N) is 1. The number of thiazole rings is 1. The Balaban J connectivity index is 2.18. The van der Waals surface area contributed by atoms with Crippen molar-refractivity contribution in [2.75, 3.05) is 5.32 Å². The first kappa shape index (κ1) is 14.0. The minimum absolute atomic E-state index is 0.350. The number of anilines is 2. The monoisotopic (exact) mass is 341 g/mol. The third-order valence-electron chi connectivity index (χ3n) is 2.47. The maximum atomic E-state index is 10.8. The quantitative estimate of drug-likeness (QED) is 0.795. The average molecular weight is 342 g/mol. The minimum Gasteiger partial charge on any atom is -0.480 e. The number of halogens is 1. The number of aliphatic carboxylic acids is 1. The van der Waals surface area contributed by atoms with Crippen molar-refractivity contribution in [2.45, 2.75) is 13.0 Å². The number of aryl methyl sites for hydroxylation is 1. The Morgan fingerprint density at radius 1 is 1.58 bits per heavy atom. The molecule has 2 aromatic rings. The van der Waals surface area contributed by atoms with Gasteiger partial charge in [-0.2, -0.15) is 0 Å². The highest BCUT2D eigenvalue weighted by Gasteiger charge is 2.17. The molecule has 1 atom stereocenters. The number of aromatic nitrogens is 1. The standard InChI is InChI=1S/C12H12BrN3O2S/c1-6-2-3-8(7(13)4-6)15-12-16-9(5-19-12)10(14)11(17)18/h2-5,10H,14H2,1H3,(H,15,16)(H,17,18). The van der Waals surface area contributed by atoms with Crippen molar-refractivity contribution in [3.8, 4) is 0 Å². The summed E-state index contributed by atoms with van der Waals surface area (Å²) in [4.78, 5) is 14.9. The van der Waals surface area contributed by atoms with Crippen molar-refractivity contribution in [1.82, 2.24) is 4.98 Å². The van der Waals surface area contributed by atoms with Crippen molar-refractivity contribution in [3.05, 3.63) is 39.3 Å². The maximum absolute atomic E-state index is 10.8. The highest BCUT2D eigenvalue weighted by atomic mass is 79.9. The van der Waals surface area contributed by atoms with E-state index in [4.69, 9.17) is 10.8 Å². The SMILES string of the molecule is Cc1ccc(Nc2nc(C(N)C(=O)O)cs2)c(Br)c1. The zero-order chi connectivity index (χ0) is 14.0. The molecule has 0 amide bonds. The molecule has 0 bridgehead atoms. The molecule has 0 radical (unpaired) electrons. The molecule has 19 heavy (non-hydrogen) atoms. The largest absolute Gasteiger partial charge is 0.480 e. The maximum Gasteiger partial charge on any atom is 0.326 e. The fraction of sp³-hybridized carbons (Fsp3) is 0.167. The summed E-state index contributed by atoms with van der Waals surface area (Å²) in [7, 11) is 0. The van der Waals surface area contributed by atoms with Crippen LogP contribution in [0.15, 0.2) is 28.1 Å². The van der Waals surface area contributed by atoms with Crippen LogP contribution in [-0.2, 0) is 4.79 Å². The van der Waals surface area contributed by atoms with Gasteiger partial charge in [-0.1, -0.05) is 6.07 Å². The summed E-state index contributed by atoms with van der Waals surface area (Å²) in [5.74, 6) is -1.09. The Labute approximate surface area is 122 Å². The molecule has 0 saturated carbocycles. The van der Waals surface area contributed by atoms with Crippen LogP contribution in [0.5, 0.6) is 0 Å². The molecule has 0 spiro atoms. The van der Waals surface area contributed by atoms with E-state index >= 15 is 0 Å². The van der Waals surface area contributed by atoms with Crippen molar-refractivity contribution in [1.29, 1.82) is 0 Å². The number of hydrogen-bond donors (Lipinski definition) is 3. The Morgan fingerprint density at radius 2 is 2.32 bits per heavy atom. The van der Waals surface area contributed by atoms with Crippen molar-refractivity contribution in [2.24, 2.45) is 5.73 Å². The zero-order valence-corrected chi connectivity index (χ0v) is 12.5. The van der Waals surface area contributed by atoms with Gasteiger partial charge in [0.25, 0.3) is 0 Å². The van der Waals surface area contributed by atoms with Crippen LogP contribution in [0.2, 0.25) is 0 Å². The van der Waals surface area contributed by atoms with E-state index in [-0.39, 0.29) is 0 Å². The van der Waals surface area contributed by atoms with Crippen LogP contribution < -0.4 is 11.1 Å². The second kappa shape index (κ2) is 5.68. The molecule has 1 heterocycles. The summed E-state index contributed by atoms with van der Waals surface area (Å²) in [6, 6.07) is 4.80. The molecule has 1 aromatic carbocycles. The van der Waals surface area contributed by atoms with Gasteiger partial charge >= 0.3 is 5.97 Å². The Morgan fingerprint density at radius 3 is 2.95 bits per heavy atom. The summed E-state index contributed by atoms with van der Waals surface area (Å²) in [5, 5.41) is 14.2. The topological polar surface area (TPSA) is 88.2 Å². The number of carbonyl (C=O) groups is 1. The zero-order valence-electron chi connectivity index (χ0n) is 10.1. The van der Waals surface area contributed by atoms with E-state index < -0.39 is 12.0 Å². The first-order valence-corrected chi connectivity index (χ1v) is 7.11. The van der Waals surface area contributed by atoms with Crippen LogP contribution in [0.1, 0.15) is 17.3 Å². The molecule has 0 aliphatic heterocycles. The van der Waals surface area contributed by atoms with E-state index in [1.54, 1.807) is 5.38 Å². The lowest BCUT2D eigenvalue weighted by atomic mass is 10.2. The molecular weight excluding hydrogens is 330 g/mol. The summed E-state index contributed by atoms with van der Waals surface area (Å²) in [6.07, 6.45) is 0. The molecule has 5 nitrogen and oxygen atoms in total. The van der Waals surface area contributed by atoms with Gasteiger partial charge in [-0.25, -0.2) is 4.98 Å². The molecule has 100 valence electrons. The van der Waals surface area contributed by atoms with Gasteiger partial charge in [0.1, 0.15) is 6.04 Å². The summed E-state index contributed by atoms with van der Waals surface area (Å²) in [5.41, 5.74) is 7.87. The first-order chi connectivity index (χ1) is 8.97. The normalized spacial score (nSPS) is 12.2. The summed E-state index contributed by atoms with van der Waals surface area (Å²) in [6.45, 7) is 2.00. The van der Waals surface area contributed by atoms with Gasteiger partial charge in [-0.05, 0) is 40.5 Å². The van der Waals surface area contributed by atoms with E-state index in [2.05, 4.69) is 26.2 Å². The number of carboxylic acid groups (broad SMARTS) is 1. The van der Waals surface area contributed by atoms with Crippen LogP contribution >= 0.6 is 27.3 Å². The molecular formula is C12H12BrN3O2S. The molecule has 1 aromatic heterocycles. The van der Waals surface area contributed by atoms with Gasteiger partial charge < -0.3 is 16.2 Å². The molecule has 0 aliphatic carbocycles. The fourth-order valence-electron chi connectivity index (χ4n) is 1.45. The highest BCUT2D eigenvalue weighted by molar-refractivity contribution is 9.10. The van der Waals surface area contributed by atoms with Crippen LogP contribution in [0.3, 0.4) is 0 Å². The number of hydrogen-bond acceptors (Lipinski definition) is 5. The minimum atomic E-state index is -1.09. The van der Waals surface area contributed by atoms with E-state index in [9.17, 15) is 4.79 Å². The average Bonchev–Trinajstić information content (AvgIpc) is 2.80. The van der Waals surface area contributed by atoms with E-state index in [0.29, 0.717) is 10.8 Å². The van der Waals surface area contributed by atoms with Crippen molar-refractivity contribution in [3.63, 3.8) is 0 Å². The molecule has 0 saturated heterocycles. The summed E-state index contributed by atoms with van der Waals surface area (Å²) < 4.78 is 0.923. The second-order valence-corrected chi connectivity index (χ2v) is 5.71. The summed E-state index contributed by atoms with van der Waals surface area (Å²) >= 11 is 4.78. The van der Waals surface area contributed by atoms with E-state index in [0.717, 1.165) is 15.7 Å². The smallest absolute Gasteiger partial charge is 0.326 e. The molecule has 1 unspecified atom stereocenters. The van der Waals surface area contributed by atoms with Crippen molar-refractivity contribution < 1.29 is 9.90 Å². The van der Waals surface area contributed by atoms with Gasteiger partial charge in [-0.15, -0.1) is 11.3 Å². The molecule has 7 heteroatoms. The molecule has 4 N–H and O–H groups in total. The molecule has 0 aliphatic rings. The fourth-order valence-corrected chi connectivity index (χ4v) is 2.80. The van der Waals surface area contributed by atoms with Crippen molar-refractivity contribution >= 4 is 44.1 Å². The lowest BCUT2D eigenvalue weighted by Gasteiger charge is -2.06. The lowest BCUT2D eigenvalue weighted by molar-refractivity contribution is -0.138. The van der Waals surface area contributed by atoms with Crippen LogP contribution in [0.4, 0.5) is 10.8 Å².